The number of aromatic nitrogens is 3. The molecule has 5 rings (SSSR count). The monoisotopic (exact) mass is 402 g/mol. The van der Waals surface area contributed by atoms with Gasteiger partial charge in [0.2, 0.25) is 5.91 Å². The predicted octanol–water partition coefficient (Wildman–Crippen LogP) is 4.63. The smallest absolute Gasteiger partial charge is 0.236 e. The molecule has 0 bridgehead atoms. The van der Waals surface area contributed by atoms with Gasteiger partial charge in [0.15, 0.2) is 5.13 Å². The van der Waals surface area contributed by atoms with Crippen LogP contribution < -0.4 is 5.32 Å². The quantitative estimate of drug-likeness (QED) is 0.498. The molecule has 0 radical (unpaired) electrons. The minimum atomic E-state index is -0.0335. The van der Waals surface area contributed by atoms with Crippen LogP contribution in [0.5, 0.6) is 0 Å². The summed E-state index contributed by atoms with van der Waals surface area (Å²) < 4.78 is 0. The molecule has 134 valence electrons. The number of carbonyl (C=O) groups is 1. The number of amides is 1. The minimum Gasteiger partial charge on any atom is -0.301 e. The van der Waals surface area contributed by atoms with Gasteiger partial charge in [-0.05, 0) is 44.1 Å². The number of rotatable bonds is 5. The van der Waals surface area contributed by atoms with Gasteiger partial charge >= 0.3 is 0 Å². The van der Waals surface area contributed by atoms with Gasteiger partial charge in [-0.1, -0.05) is 11.8 Å². The number of nitrogens with one attached hydrogen (secondary N) is 1. The van der Waals surface area contributed by atoms with Crippen LogP contribution in [0.25, 0.3) is 10.2 Å². The van der Waals surface area contributed by atoms with Gasteiger partial charge in [0.05, 0.1) is 5.75 Å². The highest BCUT2D eigenvalue weighted by molar-refractivity contribution is 8.00. The lowest BCUT2D eigenvalue weighted by Crippen LogP contribution is -2.14. The highest BCUT2D eigenvalue weighted by Gasteiger charge is 2.29. The Balaban J connectivity index is 1.45. The Hall–Kier alpha value is -1.51. The molecular weight excluding hydrogens is 384 g/mol. The van der Waals surface area contributed by atoms with Crippen molar-refractivity contribution in [3.05, 3.63) is 27.8 Å². The van der Waals surface area contributed by atoms with E-state index in [-0.39, 0.29) is 5.91 Å². The van der Waals surface area contributed by atoms with Crippen molar-refractivity contribution in [2.45, 2.75) is 49.5 Å². The van der Waals surface area contributed by atoms with E-state index in [4.69, 9.17) is 9.97 Å². The number of thiazole rings is 1. The van der Waals surface area contributed by atoms with Gasteiger partial charge < -0.3 is 5.32 Å². The first-order chi connectivity index (χ1) is 12.8. The number of fused-ring (bicyclic) bond motifs is 3. The first-order valence-electron chi connectivity index (χ1n) is 8.92. The molecule has 0 spiro atoms. The Bertz CT molecular complexity index is 963. The Morgan fingerprint density at radius 2 is 2.15 bits per heavy atom. The van der Waals surface area contributed by atoms with Crippen molar-refractivity contribution in [2.24, 2.45) is 0 Å². The first-order valence-corrected chi connectivity index (χ1v) is 11.6. The minimum absolute atomic E-state index is 0.0335. The van der Waals surface area contributed by atoms with Crippen LogP contribution in [0.15, 0.2) is 16.6 Å². The van der Waals surface area contributed by atoms with E-state index in [1.807, 2.05) is 16.7 Å². The third-order valence-corrected chi connectivity index (χ3v) is 7.61. The fraction of sp³-hybridized carbons (Fsp3) is 0.444. The molecule has 3 heterocycles. The SMILES string of the molecule is O=C(CSc1nc(C2CC2)nc2sc3c(c12)CCCC3)Nc1nccs1. The summed E-state index contributed by atoms with van der Waals surface area (Å²) in [7, 11) is 0. The van der Waals surface area contributed by atoms with E-state index in [9.17, 15) is 4.79 Å². The fourth-order valence-corrected chi connectivity index (χ4v) is 6.08. The lowest BCUT2D eigenvalue weighted by Gasteiger charge is -2.12. The van der Waals surface area contributed by atoms with E-state index in [1.54, 1.807) is 6.20 Å². The van der Waals surface area contributed by atoms with Crippen molar-refractivity contribution in [3.8, 4) is 0 Å². The Labute approximate surface area is 163 Å². The van der Waals surface area contributed by atoms with Crippen LogP contribution in [-0.4, -0.2) is 26.6 Å². The van der Waals surface area contributed by atoms with Crippen LogP contribution in [0, 0.1) is 0 Å². The first kappa shape index (κ1) is 16.6. The number of aryl methyl sites for hydroxylation is 2. The Kier molecular flexibility index (Phi) is 4.42. The highest BCUT2D eigenvalue weighted by Crippen LogP contribution is 2.43. The largest absolute Gasteiger partial charge is 0.301 e. The molecule has 26 heavy (non-hydrogen) atoms. The molecule has 2 aliphatic rings. The molecule has 0 unspecified atom stereocenters. The van der Waals surface area contributed by atoms with Gasteiger partial charge in [0.25, 0.3) is 0 Å². The lowest BCUT2D eigenvalue weighted by molar-refractivity contribution is -0.113. The molecule has 8 heteroatoms. The number of hydrogen-bond donors (Lipinski definition) is 1. The number of thiophene rings is 1. The normalized spacial score (nSPS) is 16.6. The fourth-order valence-electron chi connectivity index (χ4n) is 3.34. The number of anilines is 1. The van der Waals surface area contributed by atoms with Crippen molar-refractivity contribution in [1.29, 1.82) is 0 Å². The topological polar surface area (TPSA) is 67.8 Å². The van der Waals surface area contributed by atoms with Crippen LogP contribution in [0.3, 0.4) is 0 Å². The predicted molar refractivity (Wildman–Crippen MR) is 107 cm³/mol. The molecule has 3 aromatic rings. The average Bonchev–Trinajstić information content (AvgIpc) is 3.25. The zero-order chi connectivity index (χ0) is 17.5. The summed E-state index contributed by atoms with van der Waals surface area (Å²) in [5, 5.41) is 7.56. The molecule has 1 N–H and O–H groups in total. The van der Waals surface area contributed by atoms with Gasteiger partial charge in [-0.25, -0.2) is 15.0 Å². The summed E-state index contributed by atoms with van der Waals surface area (Å²) in [6.07, 6.45) is 8.83. The summed E-state index contributed by atoms with van der Waals surface area (Å²) in [4.78, 5) is 28.7. The maximum absolute atomic E-state index is 12.3. The van der Waals surface area contributed by atoms with Crippen LogP contribution in [-0.2, 0) is 17.6 Å². The number of hydrogen-bond acceptors (Lipinski definition) is 7. The van der Waals surface area contributed by atoms with Crippen molar-refractivity contribution >= 4 is 55.7 Å². The third-order valence-electron chi connectivity index (χ3n) is 4.76. The summed E-state index contributed by atoms with van der Waals surface area (Å²) in [5.74, 6) is 1.80. The van der Waals surface area contributed by atoms with Crippen LogP contribution in [0.1, 0.15) is 47.9 Å². The Morgan fingerprint density at radius 1 is 1.27 bits per heavy atom. The second kappa shape index (κ2) is 6.90. The molecular formula is C18H18N4OS3. The summed E-state index contributed by atoms with van der Waals surface area (Å²) >= 11 is 4.81. The van der Waals surface area contributed by atoms with E-state index in [1.165, 1.54) is 64.6 Å². The zero-order valence-corrected chi connectivity index (χ0v) is 16.6. The van der Waals surface area contributed by atoms with Crippen LogP contribution in [0.2, 0.25) is 0 Å². The number of nitrogens with zero attached hydrogens (tertiary/aromatic N) is 3. The summed E-state index contributed by atoms with van der Waals surface area (Å²) in [6, 6.07) is 0. The van der Waals surface area contributed by atoms with Gasteiger partial charge in [-0.2, -0.15) is 0 Å². The molecule has 1 amide bonds. The molecule has 0 atom stereocenters. The van der Waals surface area contributed by atoms with Crippen molar-refractivity contribution in [2.75, 3.05) is 11.1 Å². The lowest BCUT2D eigenvalue weighted by atomic mass is 9.97. The maximum atomic E-state index is 12.3. The summed E-state index contributed by atoms with van der Waals surface area (Å²) in [6.45, 7) is 0. The van der Waals surface area contributed by atoms with E-state index in [2.05, 4.69) is 10.3 Å². The molecule has 0 aliphatic heterocycles. The molecule has 5 nitrogen and oxygen atoms in total. The van der Waals surface area contributed by atoms with Gasteiger partial charge in [-0.3, -0.25) is 4.79 Å². The second-order valence-electron chi connectivity index (χ2n) is 6.73. The zero-order valence-electron chi connectivity index (χ0n) is 14.2. The Morgan fingerprint density at radius 3 is 2.96 bits per heavy atom. The van der Waals surface area contributed by atoms with Gasteiger partial charge in [0, 0.05) is 27.8 Å². The standard InChI is InChI=1S/C18H18N4OS3/c23-13(20-18-19-7-8-24-18)9-25-16-14-11-3-1-2-4-12(11)26-17(14)22-15(21-16)10-5-6-10/h7-8,10H,1-6,9H2,(H,19,20,23). The molecule has 2 aliphatic carbocycles. The van der Waals surface area contributed by atoms with Crippen molar-refractivity contribution in [1.82, 2.24) is 15.0 Å². The van der Waals surface area contributed by atoms with E-state index in [0.29, 0.717) is 16.8 Å². The number of carbonyl (C=O) groups excluding carboxylic acids is 1. The van der Waals surface area contributed by atoms with E-state index >= 15 is 0 Å². The third kappa shape index (κ3) is 3.25. The number of thioether (sulfide) groups is 1. The molecule has 3 aromatic heterocycles. The van der Waals surface area contributed by atoms with E-state index < -0.39 is 0 Å². The van der Waals surface area contributed by atoms with E-state index in [0.717, 1.165) is 28.5 Å². The molecule has 0 aromatic carbocycles. The van der Waals surface area contributed by atoms with Gasteiger partial charge in [-0.15, -0.1) is 22.7 Å². The average molecular weight is 403 g/mol. The molecule has 0 saturated heterocycles. The van der Waals surface area contributed by atoms with Crippen molar-refractivity contribution < 1.29 is 4.79 Å². The van der Waals surface area contributed by atoms with Crippen LogP contribution >= 0.6 is 34.4 Å². The highest BCUT2D eigenvalue weighted by atomic mass is 32.2. The molecule has 1 fully saturated rings. The van der Waals surface area contributed by atoms with Crippen molar-refractivity contribution in [3.63, 3.8) is 0 Å². The summed E-state index contributed by atoms with van der Waals surface area (Å²) in [5.41, 5.74) is 1.43. The van der Waals surface area contributed by atoms with Crippen LogP contribution in [0.4, 0.5) is 5.13 Å². The van der Waals surface area contributed by atoms with Gasteiger partial charge in [0.1, 0.15) is 15.7 Å². The second-order valence-corrected chi connectivity index (χ2v) is 9.67. The maximum Gasteiger partial charge on any atom is 0.236 e. The molecule has 1 saturated carbocycles.